The summed E-state index contributed by atoms with van der Waals surface area (Å²) >= 11 is 3.02. The minimum Gasteiger partial charge on any atom is -0.272 e. The second-order valence-electron chi connectivity index (χ2n) is 4.44. The number of hydrogen-bond acceptors (Lipinski definition) is 5. The lowest BCUT2D eigenvalue weighted by Gasteiger charge is -1.97. The van der Waals surface area contributed by atoms with Gasteiger partial charge in [-0.15, -0.1) is 11.3 Å². The van der Waals surface area contributed by atoms with Crippen LogP contribution in [-0.4, -0.2) is 22.9 Å². The number of benzene rings is 2. The number of carbonyl (C=O) groups is 1. The van der Waals surface area contributed by atoms with Gasteiger partial charge in [-0.05, 0) is 17.7 Å². The van der Waals surface area contributed by atoms with E-state index >= 15 is 0 Å². The fourth-order valence-electron chi connectivity index (χ4n) is 1.79. The number of thioether (sulfide) groups is 1. The highest BCUT2D eigenvalue weighted by molar-refractivity contribution is 8.01. The molecule has 0 saturated heterocycles. The van der Waals surface area contributed by atoms with Crippen molar-refractivity contribution in [3.63, 3.8) is 0 Å². The predicted octanol–water partition coefficient (Wildman–Crippen LogP) is 3.54. The normalized spacial score (nSPS) is 11.1. The largest absolute Gasteiger partial charge is 0.272 e. The molecule has 6 heteroatoms. The Morgan fingerprint density at radius 1 is 1.18 bits per heavy atom. The predicted molar refractivity (Wildman–Crippen MR) is 92.5 cm³/mol. The van der Waals surface area contributed by atoms with Crippen LogP contribution >= 0.6 is 23.1 Å². The van der Waals surface area contributed by atoms with Gasteiger partial charge in [0.05, 0.1) is 22.2 Å². The van der Waals surface area contributed by atoms with Crippen molar-refractivity contribution in [2.24, 2.45) is 5.10 Å². The monoisotopic (exact) mass is 327 g/mol. The van der Waals surface area contributed by atoms with Crippen LogP contribution in [0.15, 0.2) is 64.0 Å². The standard InChI is InChI=1S/C16H13N3OS2/c20-15(19-17-10-12-6-2-1-3-7-12)11-21-16-18-13-8-4-5-9-14(13)22-16/h1-10H,11H2,(H,19,20)/b17-10-. The summed E-state index contributed by atoms with van der Waals surface area (Å²) in [6.45, 7) is 0. The summed E-state index contributed by atoms with van der Waals surface area (Å²) in [7, 11) is 0. The van der Waals surface area contributed by atoms with Crippen LogP contribution in [-0.2, 0) is 4.79 Å². The molecular formula is C16H13N3OS2. The molecule has 0 spiro atoms. The highest BCUT2D eigenvalue weighted by Gasteiger charge is 2.06. The smallest absolute Gasteiger partial charge is 0.250 e. The number of amides is 1. The number of carbonyl (C=O) groups excluding carboxylic acids is 1. The number of nitrogens with zero attached hydrogens (tertiary/aromatic N) is 2. The van der Waals surface area contributed by atoms with E-state index < -0.39 is 0 Å². The Kier molecular flexibility index (Phi) is 4.82. The molecule has 2 aromatic carbocycles. The van der Waals surface area contributed by atoms with E-state index in [1.54, 1.807) is 17.6 Å². The molecule has 1 N–H and O–H groups in total. The number of nitrogens with one attached hydrogen (secondary N) is 1. The van der Waals surface area contributed by atoms with Gasteiger partial charge < -0.3 is 0 Å². The Labute approximate surface area is 136 Å². The Morgan fingerprint density at radius 2 is 1.95 bits per heavy atom. The lowest BCUT2D eigenvalue weighted by molar-refractivity contribution is -0.118. The number of para-hydroxylation sites is 1. The lowest BCUT2D eigenvalue weighted by Crippen LogP contribution is -2.19. The van der Waals surface area contributed by atoms with E-state index in [0.717, 1.165) is 20.1 Å². The van der Waals surface area contributed by atoms with Gasteiger partial charge in [0.2, 0.25) is 0 Å². The molecule has 110 valence electrons. The van der Waals surface area contributed by atoms with Gasteiger partial charge in [-0.1, -0.05) is 54.2 Å². The van der Waals surface area contributed by atoms with Crippen LogP contribution < -0.4 is 5.43 Å². The van der Waals surface area contributed by atoms with E-state index in [2.05, 4.69) is 15.5 Å². The third-order valence-electron chi connectivity index (χ3n) is 2.80. The minimum atomic E-state index is -0.142. The van der Waals surface area contributed by atoms with Crippen LogP contribution in [0.2, 0.25) is 0 Å². The van der Waals surface area contributed by atoms with Crippen molar-refractivity contribution in [3.8, 4) is 0 Å². The Morgan fingerprint density at radius 3 is 2.77 bits per heavy atom. The van der Waals surface area contributed by atoms with E-state index in [1.807, 2.05) is 54.6 Å². The summed E-state index contributed by atoms with van der Waals surface area (Å²) in [5, 5.41) is 3.94. The number of aromatic nitrogens is 1. The highest BCUT2D eigenvalue weighted by Crippen LogP contribution is 2.28. The molecule has 3 rings (SSSR count). The van der Waals surface area contributed by atoms with Crippen molar-refractivity contribution in [2.75, 3.05) is 5.75 Å². The maximum atomic E-state index is 11.8. The van der Waals surface area contributed by atoms with E-state index in [0.29, 0.717) is 5.75 Å². The SMILES string of the molecule is O=C(CSc1nc2ccccc2s1)N/N=C\c1ccccc1. The number of fused-ring (bicyclic) bond motifs is 1. The van der Waals surface area contributed by atoms with Crippen molar-refractivity contribution in [2.45, 2.75) is 4.34 Å². The number of hydrazone groups is 1. The molecule has 0 atom stereocenters. The molecule has 0 aliphatic rings. The summed E-state index contributed by atoms with van der Waals surface area (Å²) in [6, 6.07) is 17.6. The van der Waals surface area contributed by atoms with Gasteiger partial charge in [0, 0.05) is 0 Å². The van der Waals surface area contributed by atoms with Crippen LogP contribution in [0.4, 0.5) is 0 Å². The molecule has 4 nitrogen and oxygen atoms in total. The van der Waals surface area contributed by atoms with E-state index in [1.165, 1.54) is 11.8 Å². The molecule has 0 bridgehead atoms. The first-order valence-corrected chi connectivity index (χ1v) is 8.47. The summed E-state index contributed by atoms with van der Waals surface area (Å²) in [4.78, 5) is 16.2. The fraction of sp³-hybridized carbons (Fsp3) is 0.0625. The summed E-state index contributed by atoms with van der Waals surface area (Å²) in [6.07, 6.45) is 1.63. The number of hydrogen-bond donors (Lipinski definition) is 1. The Bertz CT molecular complexity index is 766. The molecular weight excluding hydrogens is 314 g/mol. The van der Waals surface area contributed by atoms with Crippen LogP contribution in [0.3, 0.4) is 0 Å². The van der Waals surface area contributed by atoms with Crippen molar-refractivity contribution in [1.82, 2.24) is 10.4 Å². The van der Waals surface area contributed by atoms with Crippen LogP contribution in [0.25, 0.3) is 10.2 Å². The molecule has 1 aromatic heterocycles. The molecule has 3 aromatic rings. The van der Waals surface area contributed by atoms with Gasteiger partial charge >= 0.3 is 0 Å². The third-order valence-corrected chi connectivity index (χ3v) is 4.98. The second kappa shape index (κ2) is 7.20. The Hall–Kier alpha value is -2.18. The third kappa shape index (κ3) is 3.93. The molecule has 1 amide bonds. The van der Waals surface area contributed by atoms with Gasteiger partial charge in [-0.2, -0.15) is 5.10 Å². The van der Waals surface area contributed by atoms with Gasteiger partial charge in [0.25, 0.3) is 5.91 Å². The van der Waals surface area contributed by atoms with Gasteiger partial charge in [0.15, 0.2) is 4.34 Å². The minimum absolute atomic E-state index is 0.142. The zero-order chi connectivity index (χ0) is 15.2. The van der Waals surface area contributed by atoms with Crippen LogP contribution in [0.5, 0.6) is 0 Å². The summed E-state index contributed by atoms with van der Waals surface area (Å²) in [5.41, 5.74) is 4.44. The molecule has 0 aliphatic carbocycles. The molecule has 0 aliphatic heterocycles. The van der Waals surface area contributed by atoms with E-state index in [-0.39, 0.29) is 5.91 Å². The van der Waals surface area contributed by atoms with Crippen molar-refractivity contribution < 1.29 is 4.79 Å². The van der Waals surface area contributed by atoms with E-state index in [9.17, 15) is 4.79 Å². The Balaban J connectivity index is 1.51. The van der Waals surface area contributed by atoms with Crippen molar-refractivity contribution in [3.05, 3.63) is 60.2 Å². The van der Waals surface area contributed by atoms with Crippen LogP contribution in [0.1, 0.15) is 5.56 Å². The van der Waals surface area contributed by atoms with Crippen molar-refractivity contribution in [1.29, 1.82) is 0 Å². The molecule has 1 heterocycles. The maximum absolute atomic E-state index is 11.8. The second-order valence-corrected chi connectivity index (χ2v) is 6.69. The van der Waals surface area contributed by atoms with E-state index in [4.69, 9.17) is 0 Å². The molecule has 0 saturated carbocycles. The van der Waals surface area contributed by atoms with Gasteiger partial charge in [-0.25, -0.2) is 10.4 Å². The molecule has 0 unspecified atom stereocenters. The highest BCUT2D eigenvalue weighted by atomic mass is 32.2. The maximum Gasteiger partial charge on any atom is 0.250 e. The average Bonchev–Trinajstić information content (AvgIpc) is 2.97. The molecule has 0 radical (unpaired) electrons. The quantitative estimate of drug-likeness (QED) is 0.443. The first kappa shape index (κ1) is 14.7. The van der Waals surface area contributed by atoms with Gasteiger partial charge in [0.1, 0.15) is 0 Å². The molecule has 22 heavy (non-hydrogen) atoms. The zero-order valence-electron chi connectivity index (χ0n) is 11.6. The average molecular weight is 327 g/mol. The first-order chi connectivity index (χ1) is 10.8. The number of rotatable bonds is 5. The summed E-state index contributed by atoms with van der Waals surface area (Å²) in [5.74, 6) is 0.155. The van der Waals surface area contributed by atoms with Crippen LogP contribution in [0, 0.1) is 0 Å². The molecule has 0 fully saturated rings. The lowest BCUT2D eigenvalue weighted by atomic mass is 10.2. The first-order valence-electron chi connectivity index (χ1n) is 6.66. The fourth-order valence-corrected chi connectivity index (χ4v) is 3.65. The number of thiazole rings is 1. The summed E-state index contributed by atoms with van der Waals surface area (Å²) < 4.78 is 2.02. The topological polar surface area (TPSA) is 54.4 Å². The van der Waals surface area contributed by atoms with Gasteiger partial charge in [-0.3, -0.25) is 4.79 Å². The van der Waals surface area contributed by atoms with Crippen molar-refractivity contribution >= 4 is 45.4 Å². The zero-order valence-corrected chi connectivity index (χ0v) is 13.2.